The zero-order valence-corrected chi connectivity index (χ0v) is 18.8. The molecular weight excluding hydrogens is 406 g/mol. The first kappa shape index (κ1) is 21.9. The molecule has 0 radical (unpaired) electrons. The number of amides is 2. The predicted octanol–water partition coefficient (Wildman–Crippen LogP) is 2.41. The summed E-state index contributed by atoms with van der Waals surface area (Å²) < 4.78 is 10.9. The third-order valence-corrected chi connectivity index (χ3v) is 5.95. The van der Waals surface area contributed by atoms with Gasteiger partial charge in [0.25, 0.3) is 11.8 Å². The van der Waals surface area contributed by atoms with Gasteiger partial charge in [0.05, 0.1) is 19.2 Å². The maximum Gasteiger partial charge on any atom is 0.277 e. The van der Waals surface area contributed by atoms with Gasteiger partial charge in [-0.15, -0.1) is 0 Å². The smallest absolute Gasteiger partial charge is 0.277 e. The fourth-order valence-corrected chi connectivity index (χ4v) is 4.00. The third kappa shape index (κ3) is 4.48. The fourth-order valence-electron chi connectivity index (χ4n) is 4.00. The van der Waals surface area contributed by atoms with Crippen molar-refractivity contribution >= 4 is 17.4 Å². The van der Waals surface area contributed by atoms with Gasteiger partial charge in [-0.1, -0.05) is 29.8 Å². The number of benzene rings is 2. The van der Waals surface area contributed by atoms with E-state index in [1.807, 2.05) is 43.3 Å². The summed E-state index contributed by atoms with van der Waals surface area (Å²) >= 11 is 0. The molecule has 0 atom stereocenters. The van der Waals surface area contributed by atoms with Gasteiger partial charge in [0.15, 0.2) is 0 Å². The van der Waals surface area contributed by atoms with Gasteiger partial charge < -0.3 is 19.3 Å². The molecule has 7 nitrogen and oxygen atoms in total. The van der Waals surface area contributed by atoms with Gasteiger partial charge in [-0.3, -0.25) is 14.5 Å². The minimum Gasteiger partial charge on any atom is -0.497 e. The molecule has 0 bridgehead atoms. The van der Waals surface area contributed by atoms with Crippen LogP contribution < -0.4 is 9.47 Å². The Bertz CT molecular complexity index is 1010. The second kappa shape index (κ2) is 9.44. The largest absolute Gasteiger partial charge is 0.497 e. The van der Waals surface area contributed by atoms with E-state index in [4.69, 9.17) is 9.47 Å². The highest BCUT2D eigenvalue weighted by atomic mass is 16.5. The standard InChI is InChI=1S/C25H29N3O4/c1-18-4-6-19(7-5-18)22-23(27-14-12-26(2)13-15-27)25(30)28(24(22)29)16-17-32-21-10-8-20(31-3)9-11-21/h4-11H,12-17H2,1-3H3. The molecule has 0 spiro atoms. The number of methoxy groups -OCH3 is 1. The Hall–Kier alpha value is -3.32. The van der Waals surface area contributed by atoms with Crippen molar-refractivity contribution in [3.8, 4) is 11.5 Å². The summed E-state index contributed by atoms with van der Waals surface area (Å²) in [6.07, 6.45) is 0. The predicted molar refractivity (Wildman–Crippen MR) is 122 cm³/mol. The zero-order valence-electron chi connectivity index (χ0n) is 18.8. The van der Waals surface area contributed by atoms with Gasteiger partial charge in [-0.05, 0) is 43.8 Å². The average Bonchev–Trinajstić information content (AvgIpc) is 3.05. The molecule has 0 aromatic heterocycles. The molecule has 0 N–H and O–H groups in total. The van der Waals surface area contributed by atoms with Crippen LogP contribution in [0.25, 0.3) is 5.57 Å². The SMILES string of the molecule is COc1ccc(OCCN2C(=O)C(c3ccc(C)cc3)=C(N3CCN(C)CC3)C2=O)cc1. The highest BCUT2D eigenvalue weighted by Gasteiger charge is 2.41. The van der Waals surface area contributed by atoms with E-state index in [0.29, 0.717) is 17.0 Å². The first-order valence-electron chi connectivity index (χ1n) is 10.9. The van der Waals surface area contributed by atoms with E-state index in [2.05, 4.69) is 16.8 Å². The highest BCUT2D eigenvalue weighted by molar-refractivity contribution is 6.35. The zero-order chi connectivity index (χ0) is 22.7. The summed E-state index contributed by atoms with van der Waals surface area (Å²) in [7, 11) is 3.67. The summed E-state index contributed by atoms with van der Waals surface area (Å²) in [5.41, 5.74) is 2.89. The van der Waals surface area contributed by atoms with Gasteiger partial charge >= 0.3 is 0 Å². The van der Waals surface area contributed by atoms with E-state index >= 15 is 0 Å². The summed E-state index contributed by atoms with van der Waals surface area (Å²) in [6.45, 7) is 5.56. The number of rotatable bonds is 7. The van der Waals surface area contributed by atoms with E-state index in [0.717, 1.165) is 43.1 Å². The molecule has 0 aliphatic carbocycles. The van der Waals surface area contributed by atoms with Gasteiger partial charge in [0.1, 0.15) is 23.8 Å². The van der Waals surface area contributed by atoms with E-state index in [-0.39, 0.29) is 25.0 Å². The summed E-state index contributed by atoms with van der Waals surface area (Å²) in [4.78, 5) is 32.4. The van der Waals surface area contributed by atoms with Crippen molar-refractivity contribution in [2.24, 2.45) is 0 Å². The number of nitrogens with zero attached hydrogens (tertiary/aromatic N) is 3. The van der Waals surface area contributed by atoms with Crippen molar-refractivity contribution in [3.63, 3.8) is 0 Å². The first-order chi connectivity index (χ1) is 15.5. The van der Waals surface area contributed by atoms with E-state index in [1.54, 1.807) is 19.2 Å². The first-order valence-corrected chi connectivity index (χ1v) is 10.9. The van der Waals surface area contributed by atoms with Crippen LogP contribution in [0.4, 0.5) is 0 Å². The molecule has 1 saturated heterocycles. The third-order valence-electron chi connectivity index (χ3n) is 5.95. The number of piperazine rings is 1. The number of hydrogen-bond acceptors (Lipinski definition) is 6. The van der Waals surface area contributed by atoms with Crippen LogP contribution in [0, 0.1) is 6.92 Å². The Morgan fingerprint density at radius 3 is 2.09 bits per heavy atom. The van der Waals surface area contributed by atoms with E-state index < -0.39 is 0 Å². The molecule has 2 amide bonds. The maximum atomic E-state index is 13.4. The molecule has 2 heterocycles. The Labute approximate surface area is 188 Å². The lowest BCUT2D eigenvalue weighted by molar-refractivity contribution is -0.138. The van der Waals surface area contributed by atoms with Crippen LogP contribution in [0.1, 0.15) is 11.1 Å². The monoisotopic (exact) mass is 435 g/mol. The van der Waals surface area contributed by atoms with Crippen molar-refractivity contribution in [2.75, 3.05) is 53.5 Å². The summed E-state index contributed by atoms with van der Waals surface area (Å²) in [6, 6.07) is 15.0. The molecular formula is C25H29N3O4. The number of imide groups is 1. The minimum absolute atomic E-state index is 0.191. The molecule has 0 saturated carbocycles. The van der Waals surface area contributed by atoms with Gasteiger partial charge in [0, 0.05) is 26.2 Å². The second-order valence-electron chi connectivity index (χ2n) is 8.17. The molecule has 0 unspecified atom stereocenters. The lowest BCUT2D eigenvalue weighted by atomic mass is 10.0. The highest BCUT2D eigenvalue weighted by Crippen LogP contribution is 2.32. The number of likely N-dealkylation sites (N-methyl/N-ethyl adjacent to an activating group) is 1. The molecule has 4 rings (SSSR count). The van der Waals surface area contributed by atoms with Crippen molar-refractivity contribution in [3.05, 3.63) is 65.4 Å². The second-order valence-corrected chi connectivity index (χ2v) is 8.17. The van der Waals surface area contributed by atoms with Crippen LogP contribution in [-0.2, 0) is 9.59 Å². The molecule has 2 aromatic carbocycles. The van der Waals surface area contributed by atoms with Gasteiger partial charge in [-0.25, -0.2) is 0 Å². The van der Waals surface area contributed by atoms with Gasteiger partial charge in [-0.2, -0.15) is 0 Å². The minimum atomic E-state index is -0.258. The van der Waals surface area contributed by atoms with Crippen LogP contribution in [0.15, 0.2) is 54.2 Å². The number of carbonyl (C=O) groups excluding carboxylic acids is 2. The fraction of sp³-hybridized carbons (Fsp3) is 0.360. The van der Waals surface area contributed by atoms with Crippen molar-refractivity contribution < 1.29 is 19.1 Å². The van der Waals surface area contributed by atoms with Crippen molar-refractivity contribution in [2.45, 2.75) is 6.92 Å². The molecule has 168 valence electrons. The summed E-state index contributed by atoms with van der Waals surface area (Å²) in [5, 5.41) is 0. The molecule has 7 heteroatoms. The maximum absolute atomic E-state index is 13.4. The molecule has 2 aliphatic rings. The lowest BCUT2D eigenvalue weighted by Gasteiger charge is -2.34. The molecule has 2 aliphatic heterocycles. The van der Waals surface area contributed by atoms with Crippen LogP contribution in [0.2, 0.25) is 0 Å². The number of ether oxygens (including phenoxy) is 2. The Morgan fingerprint density at radius 1 is 0.844 bits per heavy atom. The van der Waals surface area contributed by atoms with Crippen LogP contribution in [0.3, 0.4) is 0 Å². The molecule has 1 fully saturated rings. The van der Waals surface area contributed by atoms with Crippen LogP contribution in [0.5, 0.6) is 11.5 Å². The molecule has 2 aromatic rings. The Morgan fingerprint density at radius 2 is 1.47 bits per heavy atom. The lowest BCUT2D eigenvalue weighted by Crippen LogP contribution is -2.46. The van der Waals surface area contributed by atoms with E-state index in [9.17, 15) is 9.59 Å². The van der Waals surface area contributed by atoms with Gasteiger partial charge in [0.2, 0.25) is 0 Å². The van der Waals surface area contributed by atoms with Crippen molar-refractivity contribution in [1.29, 1.82) is 0 Å². The number of carbonyl (C=O) groups is 2. The number of aryl methyl sites for hydroxylation is 1. The molecule has 32 heavy (non-hydrogen) atoms. The normalized spacial score (nSPS) is 17.3. The van der Waals surface area contributed by atoms with Crippen LogP contribution in [-0.4, -0.2) is 80.0 Å². The topological polar surface area (TPSA) is 62.3 Å². The number of hydrogen-bond donors (Lipinski definition) is 0. The average molecular weight is 436 g/mol. The van der Waals surface area contributed by atoms with E-state index in [1.165, 1.54) is 4.90 Å². The van der Waals surface area contributed by atoms with Crippen LogP contribution >= 0.6 is 0 Å². The Balaban J connectivity index is 1.53. The summed E-state index contributed by atoms with van der Waals surface area (Å²) in [5.74, 6) is 0.904. The Kier molecular flexibility index (Phi) is 6.46. The quantitative estimate of drug-likeness (QED) is 0.623. The van der Waals surface area contributed by atoms with Crippen molar-refractivity contribution in [1.82, 2.24) is 14.7 Å².